The Morgan fingerprint density at radius 1 is 0.778 bits per heavy atom. The van der Waals surface area contributed by atoms with Crippen molar-refractivity contribution < 1.29 is 9.59 Å². The Hall–Kier alpha value is -4.19. The summed E-state index contributed by atoms with van der Waals surface area (Å²) in [5.41, 5.74) is 5.08. The Labute approximate surface area is 211 Å². The molecule has 1 fully saturated rings. The molecule has 5 rings (SSSR count). The van der Waals surface area contributed by atoms with Gasteiger partial charge in [-0.15, -0.1) is 0 Å². The van der Waals surface area contributed by atoms with Gasteiger partial charge in [-0.05, 0) is 31.0 Å². The highest BCUT2D eigenvalue weighted by Gasteiger charge is 2.27. The summed E-state index contributed by atoms with van der Waals surface area (Å²) < 4.78 is 1.84. The highest BCUT2D eigenvalue weighted by Crippen LogP contribution is 2.24. The van der Waals surface area contributed by atoms with Gasteiger partial charge in [0, 0.05) is 43.5 Å². The average Bonchev–Trinajstić information content (AvgIpc) is 3.17. The molecule has 1 aliphatic rings. The number of hydrogen-bond donors (Lipinski definition) is 0. The van der Waals surface area contributed by atoms with Crippen LogP contribution in [0.25, 0.3) is 11.3 Å². The standard InChI is InChI=1S/C30H30N4O2/c1-23-10-8-15-26(20-23)29(35)32-16-9-17-33(19-18-32)30(36)27-22-34(21-24-11-4-2-5-12-24)31-28(27)25-13-6-3-7-14-25/h2-8,10-15,20,22H,9,16-19,21H2,1H3. The topological polar surface area (TPSA) is 58.4 Å². The third kappa shape index (κ3) is 5.23. The largest absolute Gasteiger partial charge is 0.337 e. The molecule has 182 valence electrons. The van der Waals surface area contributed by atoms with Crippen molar-refractivity contribution in [3.8, 4) is 11.3 Å². The van der Waals surface area contributed by atoms with Gasteiger partial charge in [-0.2, -0.15) is 5.10 Å². The minimum atomic E-state index is -0.0435. The summed E-state index contributed by atoms with van der Waals surface area (Å²) in [6.07, 6.45) is 2.60. The Kier molecular flexibility index (Phi) is 6.94. The van der Waals surface area contributed by atoms with E-state index in [2.05, 4.69) is 12.1 Å². The maximum Gasteiger partial charge on any atom is 0.257 e. The van der Waals surface area contributed by atoms with E-state index in [0.29, 0.717) is 49.5 Å². The van der Waals surface area contributed by atoms with Crippen LogP contribution >= 0.6 is 0 Å². The van der Waals surface area contributed by atoms with Crippen LogP contribution < -0.4 is 0 Å². The molecule has 0 radical (unpaired) electrons. The monoisotopic (exact) mass is 478 g/mol. The van der Waals surface area contributed by atoms with Gasteiger partial charge in [0.05, 0.1) is 12.1 Å². The number of carbonyl (C=O) groups is 2. The van der Waals surface area contributed by atoms with Gasteiger partial charge < -0.3 is 9.80 Å². The van der Waals surface area contributed by atoms with Crippen molar-refractivity contribution in [1.82, 2.24) is 19.6 Å². The molecule has 6 nitrogen and oxygen atoms in total. The van der Waals surface area contributed by atoms with Crippen LogP contribution in [-0.4, -0.2) is 57.6 Å². The van der Waals surface area contributed by atoms with E-state index in [0.717, 1.165) is 23.1 Å². The molecule has 0 saturated carbocycles. The van der Waals surface area contributed by atoms with E-state index in [1.165, 1.54) is 0 Å². The molecule has 6 heteroatoms. The van der Waals surface area contributed by atoms with Gasteiger partial charge in [-0.1, -0.05) is 78.4 Å². The van der Waals surface area contributed by atoms with E-state index < -0.39 is 0 Å². The first-order valence-corrected chi connectivity index (χ1v) is 12.4. The lowest BCUT2D eigenvalue weighted by Crippen LogP contribution is -2.37. The fraction of sp³-hybridized carbons (Fsp3) is 0.233. The molecule has 2 amide bonds. The zero-order valence-electron chi connectivity index (χ0n) is 20.5. The van der Waals surface area contributed by atoms with E-state index in [9.17, 15) is 9.59 Å². The van der Waals surface area contributed by atoms with Crippen molar-refractivity contribution in [3.05, 3.63) is 113 Å². The molecule has 0 bridgehead atoms. The molecule has 3 aromatic carbocycles. The van der Waals surface area contributed by atoms with Crippen LogP contribution in [0.1, 0.15) is 38.3 Å². The van der Waals surface area contributed by atoms with Crippen molar-refractivity contribution in [1.29, 1.82) is 0 Å². The second kappa shape index (κ2) is 10.6. The molecule has 2 heterocycles. The zero-order valence-corrected chi connectivity index (χ0v) is 20.5. The number of benzene rings is 3. The summed E-state index contributed by atoms with van der Waals surface area (Å²) in [5, 5.41) is 4.81. The maximum absolute atomic E-state index is 13.8. The zero-order chi connectivity index (χ0) is 24.9. The smallest absolute Gasteiger partial charge is 0.257 e. The Morgan fingerprint density at radius 2 is 1.44 bits per heavy atom. The fourth-order valence-electron chi connectivity index (χ4n) is 4.69. The molecule has 1 aliphatic heterocycles. The first kappa shape index (κ1) is 23.5. The predicted octanol–water partition coefficient (Wildman–Crippen LogP) is 4.90. The normalized spacial score (nSPS) is 13.9. The highest BCUT2D eigenvalue weighted by atomic mass is 16.2. The van der Waals surface area contributed by atoms with Crippen molar-refractivity contribution in [2.45, 2.75) is 19.9 Å². The van der Waals surface area contributed by atoms with Crippen LogP contribution in [0.4, 0.5) is 0 Å². The van der Waals surface area contributed by atoms with Gasteiger partial charge in [0.15, 0.2) is 0 Å². The summed E-state index contributed by atoms with van der Waals surface area (Å²) in [7, 11) is 0. The number of hydrogen-bond acceptors (Lipinski definition) is 3. The third-order valence-corrected chi connectivity index (χ3v) is 6.56. The van der Waals surface area contributed by atoms with Crippen LogP contribution in [0.3, 0.4) is 0 Å². The van der Waals surface area contributed by atoms with Crippen LogP contribution in [0.5, 0.6) is 0 Å². The number of aryl methyl sites for hydroxylation is 1. The van der Waals surface area contributed by atoms with Gasteiger partial charge in [0.25, 0.3) is 11.8 Å². The van der Waals surface area contributed by atoms with E-state index in [-0.39, 0.29) is 11.8 Å². The fourth-order valence-corrected chi connectivity index (χ4v) is 4.69. The van der Waals surface area contributed by atoms with Gasteiger partial charge in [0.2, 0.25) is 0 Å². The van der Waals surface area contributed by atoms with Crippen LogP contribution in [0.15, 0.2) is 91.1 Å². The van der Waals surface area contributed by atoms with Crippen molar-refractivity contribution >= 4 is 11.8 Å². The molecule has 36 heavy (non-hydrogen) atoms. The Balaban J connectivity index is 1.37. The first-order chi connectivity index (χ1) is 17.6. The minimum Gasteiger partial charge on any atom is -0.337 e. The lowest BCUT2D eigenvalue weighted by atomic mass is 10.1. The summed E-state index contributed by atoms with van der Waals surface area (Å²) in [5.74, 6) is -0.0216. The van der Waals surface area contributed by atoms with Gasteiger partial charge >= 0.3 is 0 Å². The first-order valence-electron chi connectivity index (χ1n) is 12.4. The quantitative estimate of drug-likeness (QED) is 0.410. The number of aromatic nitrogens is 2. The van der Waals surface area contributed by atoms with E-state index in [1.807, 2.05) is 100 Å². The van der Waals surface area contributed by atoms with E-state index in [1.54, 1.807) is 0 Å². The van der Waals surface area contributed by atoms with E-state index >= 15 is 0 Å². The van der Waals surface area contributed by atoms with Gasteiger partial charge in [-0.3, -0.25) is 14.3 Å². The molecule has 0 spiro atoms. The predicted molar refractivity (Wildman–Crippen MR) is 141 cm³/mol. The SMILES string of the molecule is Cc1cccc(C(=O)N2CCCN(C(=O)c3cn(Cc4ccccc4)nc3-c3ccccc3)CC2)c1. The summed E-state index contributed by atoms with van der Waals surface area (Å²) in [4.78, 5) is 30.6. The average molecular weight is 479 g/mol. The second-order valence-electron chi connectivity index (χ2n) is 9.25. The van der Waals surface area contributed by atoms with Gasteiger partial charge in [0.1, 0.15) is 5.69 Å². The van der Waals surface area contributed by atoms with Crippen molar-refractivity contribution in [2.24, 2.45) is 0 Å². The molecule has 0 N–H and O–H groups in total. The molecule has 1 saturated heterocycles. The van der Waals surface area contributed by atoms with E-state index in [4.69, 9.17) is 5.10 Å². The number of nitrogens with zero attached hydrogens (tertiary/aromatic N) is 4. The molecule has 4 aromatic rings. The molecule has 0 aliphatic carbocycles. The van der Waals surface area contributed by atoms with Crippen LogP contribution in [-0.2, 0) is 6.54 Å². The molecular formula is C30H30N4O2. The van der Waals surface area contributed by atoms with Crippen LogP contribution in [0, 0.1) is 6.92 Å². The van der Waals surface area contributed by atoms with Crippen molar-refractivity contribution in [2.75, 3.05) is 26.2 Å². The molecule has 0 atom stereocenters. The Morgan fingerprint density at radius 3 is 2.14 bits per heavy atom. The highest BCUT2D eigenvalue weighted by molar-refractivity contribution is 6.00. The maximum atomic E-state index is 13.8. The van der Waals surface area contributed by atoms with Crippen LogP contribution in [0.2, 0.25) is 0 Å². The molecular weight excluding hydrogens is 448 g/mol. The molecule has 1 aromatic heterocycles. The summed E-state index contributed by atoms with van der Waals surface area (Å²) >= 11 is 0. The summed E-state index contributed by atoms with van der Waals surface area (Å²) in [6, 6.07) is 27.6. The lowest BCUT2D eigenvalue weighted by Gasteiger charge is -2.22. The molecule has 0 unspecified atom stereocenters. The number of carbonyl (C=O) groups excluding carboxylic acids is 2. The number of amides is 2. The Bertz CT molecular complexity index is 1350. The second-order valence-corrected chi connectivity index (χ2v) is 9.25. The minimum absolute atomic E-state index is 0.0219. The van der Waals surface area contributed by atoms with Crippen molar-refractivity contribution in [3.63, 3.8) is 0 Å². The number of rotatable bonds is 5. The third-order valence-electron chi connectivity index (χ3n) is 6.56. The van der Waals surface area contributed by atoms with Gasteiger partial charge in [-0.25, -0.2) is 0 Å². The summed E-state index contributed by atoms with van der Waals surface area (Å²) in [6.45, 7) is 4.82. The lowest BCUT2D eigenvalue weighted by molar-refractivity contribution is 0.0719.